The molecule has 9 heteroatoms. The first-order valence-electron chi connectivity index (χ1n) is 7.42. The highest BCUT2D eigenvalue weighted by Gasteiger charge is 2.08. The number of hydrogen-bond donors (Lipinski definition) is 2. The number of anilines is 1. The van der Waals surface area contributed by atoms with Crippen molar-refractivity contribution in [3.05, 3.63) is 28.7 Å². The van der Waals surface area contributed by atoms with Gasteiger partial charge in [-0.1, -0.05) is 47.5 Å². The Labute approximate surface area is 161 Å². The number of nitrogens with zero attached hydrogens (tertiary/aromatic N) is 2. The number of aromatic nitrogens is 2. The van der Waals surface area contributed by atoms with Crippen molar-refractivity contribution in [3.8, 4) is 0 Å². The second-order valence-corrected chi connectivity index (χ2v) is 7.48. The van der Waals surface area contributed by atoms with E-state index < -0.39 is 0 Å². The van der Waals surface area contributed by atoms with Gasteiger partial charge in [-0.05, 0) is 37.6 Å². The van der Waals surface area contributed by atoms with Crippen molar-refractivity contribution in [2.24, 2.45) is 5.73 Å². The number of carbonyl (C=O) groups is 1. The summed E-state index contributed by atoms with van der Waals surface area (Å²) >= 11 is 9.18. The molecule has 0 spiro atoms. The summed E-state index contributed by atoms with van der Waals surface area (Å²) in [6.45, 7) is 0.714. The zero-order valence-electron chi connectivity index (χ0n) is 13.0. The molecule has 1 aromatic heterocycles. The highest BCUT2D eigenvalue weighted by atomic mass is 35.5. The number of rotatable bonds is 9. The number of halogens is 2. The fourth-order valence-corrected chi connectivity index (χ4v) is 3.70. The maximum Gasteiger partial charge on any atom is 0.224 e. The van der Waals surface area contributed by atoms with Crippen LogP contribution >= 0.6 is 47.1 Å². The topological polar surface area (TPSA) is 80.9 Å². The lowest BCUT2D eigenvalue weighted by molar-refractivity contribution is -0.116. The standard InChI is InChI=1S/C15H19ClN4OS2.ClH/c16-12-9-11(19-14(21)5-3-1-2-4-8-17)6-7-13(12)23-15-20-18-10-22-15;/h6-7,9-10H,1-5,8,17H2,(H,19,21);1H. The van der Waals surface area contributed by atoms with Gasteiger partial charge >= 0.3 is 0 Å². The van der Waals surface area contributed by atoms with E-state index in [1.54, 1.807) is 11.6 Å². The van der Waals surface area contributed by atoms with Crippen molar-refractivity contribution in [1.29, 1.82) is 0 Å². The number of unbranched alkanes of at least 4 members (excludes halogenated alkanes) is 3. The fourth-order valence-electron chi connectivity index (χ4n) is 1.97. The largest absolute Gasteiger partial charge is 0.330 e. The summed E-state index contributed by atoms with van der Waals surface area (Å²) in [5, 5.41) is 11.2. The van der Waals surface area contributed by atoms with Crippen LogP contribution in [0.1, 0.15) is 32.1 Å². The predicted octanol–water partition coefficient (Wildman–Crippen LogP) is 4.61. The molecule has 0 aliphatic carbocycles. The molecule has 1 amide bonds. The third-order valence-electron chi connectivity index (χ3n) is 3.11. The third-order valence-corrected chi connectivity index (χ3v) is 5.39. The summed E-state index contributed by atoms with van der Waals surface area (Å²) in [4.78, 5) is 12.8. The summed E-state index contributed by atoms with van der Waals surface area (Å²) in [7, 11) is 0. The number of amides is 1. The molecule has 0 aliphatic heterocycles. The summed E-state index contributed by atoms with van der Waals surface area (Å²) in [5.74, 6) is 0.0124. The zero-order valence-corrected chi connectivity index (χ0v) is 16.2. The van der Waals surface area contributed by atoms with Crippen molar-refractivity contribution in [2.75, 3.05) is 11.9 Å². The van der Waals surface area contributed by atoms with Gasteiger partial charge in [0.1, 0.15) is 5.51 Å². The highest BCUT2D eigenvalue weighted by Crippen LogP contribution is 2.35. The van der Waals surface area contributed by atoms with Gasteiger partial charge in [0, 0.05) is 17.0 Å². The Morgan fingerprint density at radius 3 is 2.75 bits per heavy atom. The van der Waals surface area contributed by atoms with E-state index in [1.165, 1.54) is 23.1 Å². The molecule has 2 rings (SSSR count). The summed E-state index contributed by atoms with van der Waals surface area (Å²) in [6.07, 6.45) is 4.52. The van der Waals surface area contributed by atoms with Gasteiger partial charge in [-0.15, -0.1) is 22.6 Å². The molecule has 1 heterocycles. The molecule has 0 fully saturated rings. The van der Waals surface area contributed by atoms with Crippen LogP contribution in [0.25, 0.3) is 0 Å². The van der Waals surface area contributed by atoms with Gasteiger partial charge < -0.3 is 11.1 Å². The van der Waals surface area contributed by atoms with E-state index >= 15 is 0 Å². The Hall–Kier alpha value is -0.860. The molecule has 24 heavy (non-hydrogen) atoms. The lowest BCUT2D eigenvalue weighted by Crippen LogP contribution is -2.11. The Morgan fingerprint density at radius 1 is 1.29 bits per heavy atom. The van der Waals surface area contributed by atoms with Gasteiger partial charge in [-0.25, -0.2) is 0 Å². The molecule has 0 saturated carbocycles. The summed E-state index contributed by atoms with van der Waals surface area (Å²) < 4.78 is 0.834. The van der Waals surface area contributed by atoms with Gasteiger partial charge in [0.15, 0.2) is 4.34 Å². The van der Waals surface area contributed by atoms with E-state index in [-0.39, 0.29) is 18.3 Å². The minimum Gasteiger partial charge on any atom is -0.330 e. The Bertz CT molecular complexity index is 626. The minimum absolute atomic E-state index is 0. The first-order valence-corrected chi connectivity index (χ1v) is 9.50. The lowest BCUT2D eigenvalue weighted by atomic mass is 10.1. The predicted molar refractivity (Wildman–Crippen MR) is 104 cm³/mol. The number of nitrogens with two attached hydrogens (primary N) is 1. The van der Waals surface area contributed by atoms with Crippen LogP contribution in [-0.2, 0) is 4.79 Å². The fraction of sp³-hybridized carbons (Fsp3) is 0.400. The Balaban J connectivity index is 0.00000288. The van der Waals surface area contributed by atoms with Gasteiger partial charge in [0.05, 0.1) is 5.02 Å². The highest BCUT2D eigenvalue weighted by molar-refractivity contribution is 8.01. The van der Waals surface area contributed by atoms with Crippen molar-refractivity contribution >= 4 is 58.7 Å². The molecule has 1 aromatic carbocycles. The monoisotopic (exact) mass is 406 g/mol. The van der Waals surface area contributed by atoms with E-state index in [0.717, 1.165) is 34.9 Å². The van der Waals surface area contributed by atoms with Crippen LogP contribution in [0.5, 0.6) is 0 Å². The SMILES string of the molecule is Cl.NCCCCCCC(=O)Nc1ccc(Sc2nncs2)c(Cl)c1. The molecular weight excluding hydrogens is 387 g/mol. The molecule has 132 valence electrons. The molecule has 0 unspecified atom stereocenters. The van der Waals surface area contributed by atoms with Gasteiger partial charge in [0.2, 0.25) is 5.91 Å². The van der Waals surface area contributed by atoms with Crippen LogP contribution in [-0.4, -0.2) is 22.6 Å². The molecule has 0 bridgehead atoms. The smallest absolute Gasteiger partial charge is 0.224 e. The Morgan fingerprint density at radius 2 is 2.08 bits per heavy atom. The number of carbonyl (C=O) groups excluding carboxylic acids is 1. The van der Waals surface area contributed by atoms with Crippen molar-refractivity contribution < 1.29 is 4.79 Å². The average Bonchev–Trinajstić information content (AvgIpc) is 3.03. The zero-order chi connectivity index (χ0) is 16.5. The number of nitrogens with one attached hydrogen (secondary N) is 1. The lowest BCUT2D eigenvalue weighted by Gasteiger charge is -2.08. The van der Waals surface area contributed by atoms with Crippen molar-refractivity contribution in [1.82, 2.24) is 10.2 Å². The van der Waals surface area contributed by atoms with Gasteiger partial charge in [-0.2, -0.15) is 0 Å². The molecule has 0 aliphatic rings. The van der Waals surface area contributed by atoms with E-state index in [2.05, 4.69) is 15.5 Å². The maximum atomic E-state index is 11.9. The quantitative estimate of drug-likeness (QED) is 0.593. The average molecular weight is 407 g/mol. The first-order chi connectivity index (χ1) is 11.2. The molecule has 5 nitrogen and oxygen atoms in total. The first kappa shape index (κ1) is 21.2. The van der Waals surface area contributed by atoms with E-state index in [0.29, 0.717) is 23.7 Å². The number of benzene rings is 1. The minimum atomic E-state index is 0. The summed E-state index contributed by atoms with van der Waals surface area (Å²) in [6, 6.07) is 5.49. The molecule has 0 saturated heterocycles. The van der Waals surface area contributed by atoms with Gasteiger partial charge in [-0.3, -0.25) is 4.79 Å². The second kappa shape index (κ2) is 11.7. The third kappa shape index (κ3) is 7.36. The molecular formula is C15H20Cl2N4OS2. The maximum absolute atomic E-state index is 11.9. The van der Waals surface area contributed by atoms with E-state index in [9.17, 15) is 4.79 Å². The number of hydrogen-bond acceptors (Lipinski definition) is 6. The van der Waals surface area contributed by atoms with E-state index in [1.807, 2.05) is 12.1 Å². The van der Waals surface area contributed by atoms with Gasteiger partial charge in [0.25, 0.3) is 0 Å². The van der Waals surface area contributed by atoms with Crippen LogP contribution < -0.4 is 11.1 Å². The molecule has 2 aromatic rings. The van der Waals surface area contributed by atoms with Crippen molar-refractivity contribution in [3.63, 3.8) is 0 Å². The van der Waals surface area contributed by atoms with Crippen LogP contribution in [0.2, 0.25) is 5.02 Å². The van der Waals surface area contributed by atoms with Crippen molar-refractivity contribution in [2.45, 2.75) is 41.3 Å². The molecule has 0 radical (unpaired) electrons. The summed E-state index contributed by atoms with van der Waals surface area (Å²) in [5.41, 5.74) is 7.83. The molecule has 0 atom stereocenters. The normalized spacial score (nSPS) is 10.2. The van der Waals surface area contributed by atoms with Crippen LogP contribution in [0, 0.1) is 0 Å². The molecule has 3 N–H and O–H groups in total. The second-order valence-electron chi connectivity index (χ2n) is 4.95. The van der Waals surface area contributed by atoms with Crippen LogP contribution in [0.15, 0.2) is 32.9 Å². The van der Waals surface area contributed by atoms with Crippen LogP contribution in [0.3, 0.4) is 0 Å². The van der Waals surface area contributed by atoms with E-state index in [4.69, 9.17) is 17.3 Å². The Kier molecular flexibility index (Phi) is 10.3. The van der Waals surface area contributed by atoms with Crippen LogP contribution in [0.4, 0.5) is 5.69 Å².